The van der Waals surface area contributed by atoms with Gasteiger partial charge in [0, 0.05) is 48.9 Å². The number of aromatic amines is 1. The van der Waals surface area contributed by atoms with E-state index in [-0.39, 0.29) is 23.9 Å². The molecule has 1 N–H and O–H groups in total. The molecule has 0 radical (unpaired) electrons. The number of carbonyl (C=O) groups excluding carboxylic acids is 1. The maximum atomic E-state index is 13.6. The Morgan fingerprint density at radius 2 is 1.59 bits per heavy atom. The highest BCUT2D eigenvalue weighted by Gasteiger charge is 2.34. The second-order valence-corrected chi connectivity index (χ2v) is 11.1. The van der Waals surface area contributed by atoms with Crippen LogP contribution >= 0.6 is 11.8 Å². The predicted molar refractivity (Wildman–Crippen MR) is 133 cm³/mol. The number of carbonyl (C=O) groups is 1. The van der Waals surface area contributed by atoms with E-state index < -0.39 is 15.3 Å². The van der Waals surface area contributed by atoms with Gasteiger partial charge in [-0.25, -0.2) is 13.4 Å². The van der Waals surface area contributed by atoms with E-state index in [1.54, 1.807) is 23.2 Å². The fourth-order valence-corrected chi connectivity index (χ4v) is 6.82. The van der Waals surface area contributed by atoms with E-state index in [4.69, 9.17) is 0 Å². The van der Waals surface area contributed by atoms with Crippen molar-refractivity contribution in [1.29, 1.82) is 0 Å². The minimum atomic E-state index is -3.70. The Labute approximate surface area is 202 Å². The van der Waals surface area contributed by atoms with Crippen LogP contribution in [0.4, 0.5) is 0 Å². The predicted octanol–water partition coefficient (Wildman–Crippen LogP) is 3.93. The molecule has 1 unspecified atom stereocenters. The molecular formula is C25H24N4O3S2. The van der Waals surface area contributed by atoms with E-state index in [1.807, 2.05) is 60.7 Å². The van der Waals surface area contributed by atoms with Gasteiger partial charge in [0.1, 0.15) is 15.8 Å². The maximum Gasteiger partial charge on any atom is 0.245 e. The van der Waals surface area contributed by atoms with E-state index in [0.29, 0.717) is 24.1 Å². The van der Waals surface area contributed by atoms with Gasteiger partial charge in [-0.15, -0.1) is 11.8 Å². The number of hydrogen-bond acceptors (Lipinski definition) is 5. The summed E-state index contributed by atoms with van der Waals surface area (Å²) in [5.74, 6) is -0.00612. The second-order valence-electron chi connectivity index (χ2n) is 8.00. The van der Waals surface area contributed by atoms with E-state index >= 15 is 0 Å². The molecule has 34 heavy (non-hydrogen) atoms. The average Bonchev–Trinajstić information content (AvgIpc) is 3.33. The Hall–Kier alpha value is -3.14. The van der Waals surface area contributed by atoms with Gasteiger partial charge < -0.3 is 9.88 Å². The lowest BCUT2D eigenvalue weighted by molar-refractivity contribution is -0.131. The van der Waals surface area contributed by atoms with Crippen molar-refractivity contribution in [2.45, 2.75) is 15.0 Å². The Morgan fingerprint density at radius 1 is 0.912 bits per heavy atom. The zero-order valence-electron chi connectivity index (χ0n) is 18.4. The number of fused-ring (bicyclic) bond motifs is 1. The zero-order valence-corrected chi connectivity index (χ0v) is 20.0. The largest absolute Gasteiger partial charge is 0.345 e. The number of aromatic nitrogens is 2. The highest BCUT2D eigenvalue weighted by molar-refractivity contribution is 8.00. The van der Waals surface area contributed by atoms with Crippen LogP contribution in [-0.4, -0.2) is 59.7 Å². The first-order chi connectivity index (χ1) is 16.5. The normalized spacial score (nSPS) is 15.9. The van der Waals surface area contributed by atoms with Crippen molar-refractivity contribution in [2.75, 3.05) is 26.2 Å². The molecule has 2 aromatic heterocycles. The van der Waals surface area contributed by atoms with Gasteiger partial charge in [0.05, 0.1) is 0 Å². The van der Waals surface area contributed by atoms with Gasteiger partial charge in [-0.3, -0.25) is 4.79 Å². The Bertz CT molecular complexity index is 1380. The molecule has 174 valence electrons. The third kappa shape index (κ3) is 4.46. The highest BCUT2D eigenvalue weighted by Crippen LogP contribution is 2.37. The Balaban J connectivity index is 1.33. The summed E-state index contributed by atoms with van der Waals surface area (Å²) in [6.45, 7) is 1.19. The van der Waals surface area contributed by atoms with Crippen LogP contribution in [0.1, 0.15) is 10.8 Å². The number of hydrogen-bond donors (Lipinski definition) is 1. The minimum absolute atomic E-state index is 0.00612. The molecule has 0 saturated carbocycles. The van der Waals surface area contributed by atoms with Crippen LogP contribution < -0.4 is 0 Å². The summed E-state index contributed by atoms with van der Waals surface area (Å²) in [5, 5.41) is 0.177. The van der Waals surface area contributed by atoms with Gasteiger partial charge in [-0.1, -0.05) is 48.5 Å². The van der Waals surface area contributed by atoms with Crippen molar-refractivity contribution in [3.63, 3.8) is 0 Å². The monoisotopic (exact) mass is 492 g/mol. The van der Waals surface area contributed by atoms with Crippen LogP contribution in [0.2, 0.25) is 0 Å². The molecule has 1 aliphatic heterocycles. The number of benzene rings is 2. The summed E-state index contributed by atoms with van der Waals surface area (Å²) in [7, 11) is -3.70. The smallest absolute Gasteiger partial charge is 0.245 e. The van der Waals surface area contributed by atoms with Crippen LogP contribution in [0.15, 0.2) is 95.0 Å². The highest BCUT2D eigenvalue weighted by atomic mass is 32.2. The number of sulfonamides is 1. The summed E-state index contributed by atoms with van der Waals surface area (Å²) in [5.41, 5.74) is 1.47. The molecule has 0 bridgehead atoms. The molecule has 1 atom stereocenters. The SMILES string of the molecule is O=C(C(Sc1ccccc1)c1ccccc1)N1CCN(S(=O)(=O)c2c[nH]c3ncccc23)CC1. The second kappa shape index (κ2) is 9.61. The molecule has 0 aliphatic carbocycles. The van der Waals surface area contributed by atoms with Crippen molar-refractivity contribution in [2.24, 2.45) is 0 Å². The molecule has 2 aromatic carbocycles. The average molecular weight is 493 g/mol. The molecule has 1 fully saturated rings. The van der Waals surface area contributed by atoms with Gasteiger partial charge in [0.2, 0.25) is 15.9 Å². The van der Waals surface area contributed by atoms with Crippen LogP contribution in [0.3, 0.4) is 0 Å². The van der Waals surface area contributed by atoms with E-state index in [2.05, 4.69) is 9.97 Å². The quantitative estimate of drug-likeness (QED) is 0.412. The molecule has 4 aromatic rings. The number of nitrogens with zero attached hydrogens (tertiary/aromatic N) is 3. The van der Waals surface area contributed by atoms with Gasteiger partial charge in [0.25, 0.3) is 0 Å². The van der Waals surface area contributed by atoms with Gasteiger partial charge >= 0.3 is 0 Å². The third-order valence-corrected chi connectivity index (χ3v) is 9.10. The van der Waals surface area contributed by atoms with Crippen LogP contribution in [-0.2, 0) is 14.8 Å². The first-order valence-electron chi connectivity index (χ1n) is 11.0. The number of piperazine rings is 1. The topological polar surface area (TPSA) is 86.4 Å². The molecule has 1 saturated heterocycles. The molecule has 0 spiro atoms. The lowest BCUT2D eigenvalue weighted by Gasteiger charge is -2.35. The summed E-state index contributed by atoms with van der Waals surface area (Å²) in [4.78, 5) is 23.7. The Morgan fingerprint density at radius 3 is 2.29 bits per heavy atom. The first kappa shape index (κ1) is 22.6. The van der Waals surface area contributed by atoms with Crippen LogP contribution in [0, 0.1) is 0 Å². The summed E-state index contributed by atoms with van der Waals surface area (Å²) < 4.78 is 28.1. The van der Waals surface area contributed by atoms with Crippen molar-refractivity contribution in [3.8, 4) is 0 Å². The van der Waals surface area contributed by atoms with E-state index in [9.17, 15) is 13.2 Å². The van der Waals surface area contributed by atoms with Crippen molar-refractivity contribution >= 4 is 38.7 Å². The van der Waals surface area contributed by atoms with Crippen LogP contribution in [0.25, 0.3) is 11.0 Å². The van der Waals surface area contributed by atoms with Gasteiger partial charge in [-0.2, -0.15) is 4.31 Å². The fraction of sp³-hybridized carbons (Fsp3) is 0.200. The van der Waals surface area contributed by atoms with Gasteiger partial charge in [0.15, 0.2) is 0 Å². The number of H-pyrrole nitrogens is 1. The fourth-order valence-electron chi connectivity index (χ4n) is 4.12. The molecule has 9 heteroatoms. The molecule has 5 rings (SSSR count). The summed E-state index contributed by atoms with van der Waals surface area (Å²) in [6, 6.07) is 23.0. The maximum absolute atomic E-state index is 13.6. The van der Waals surface area contributed by atoms with Crippen molar-refractivity contribution in [1.82, 2.24) is 19.2 Å². The van der Waals surface area contributed by atoms with Crippen LogP contribution in [0.5, 0.6) is 0 Å². The molecular weight excluding hydrogens is 468 g/mol. The number of rotatable bonds is 6. The minimum Gasteiger partial charge on any atom is -0.345 e. The van der Waals surface area contributed by atoms with Crippen molar-refractivity contribution < 1.29 is 13.2 Å². The Kier molecular flexibility index (Phi) is 6.40. The lowest BCUT2D eigenvalue weighted by atomic mass is 10.1. The lowest BCUT2D eigenvalue weighted by Crippen LogP contribution is -2.51. The molecule has 3 heterocycles. The molecule has 1 amide bonds. The third-order valence-electron chi connectivity index (χ3n) is 5.91. The number of thioether (sulfide) groups is 1. The van der Waals surface area contributed by atoms with E-state index in [1.165, 1.54) is 22.3 Å². The zero-order chi connectivity index (χ0) is 23.5. The molecule has 1 aliphatic rings. The summed E-state index contributed by atoms with van der Waals surface area (Å²) >= 11 is 1.52. The first-order valence-corrected chi connectivity index (χ1v) is 13.3. The summed E-state index contributed by atoms with van der Waals surface area (Å²) in [6.07, 6.45) is 3.11. The van der Waals surface area contributed by atoms with E-state index in [0.717, 1.165) is 10.5 Å². The standard InChI is InChI=1S/C25H24N4O3S2/c30-25(23(19-8-3-1-4-9-19)33-20-10-5-2-6-11-20)28-14-16-29(17-15-28)34(31,32)22-18-27-24-21(22)12-7-13-26-24/h1-13,18,23H,14-17H2,(H,26,27). The number of nitrogens with one attached hydrogen (secondary N) is 1. The molecule has 7 nitrogen and oxygen atoms in total. The number of pyridine rings is 1. The van der Waals surface area contributed by atoms with Crippen molar-refractivity contribution in [3.05, 3.63) is 90.8 Å². The number of amides is 1. The van der Waals surface area contributed by atoms with Gasteiger partial charge in [-0.05, 0) is 29.8 Å².